The van der Waals surface area contributed by atoms with Gasteiger partial charge in [0.05, 0.1) is 0 Å². The largest absolute Gasteiger partial charge is 0.316 e. The number of nitrogens with zero attached hydrogens (tertiary/aromatic N) is 1. The van der Waals surface area contributed by atoms with Crippen molar-refractivity contribution >= 4 is 17.2 Å². The second-order valence-corrected chi connectivity index (χ2v) is 5.01. The highest BCUT2D eigenvalue weighted by molar-refractivity contribution is 6.29. The fourth-order valence-electron chi connectivity index (χ4n) is 2.87. The van der Waals surface area contributed by atoms with Crippen LogP contribution in [-0.4, -0.2) is 18.1 Å². The summed E-state index contributed by atoms with van der Waals surface area (Å²) in [4.78, 5) is 4.17. The van der Waals surface area contributed by atoms with Crippen molar-refractivity contribution in [3.8, 4) is 0 Å². The smallest absolute Gasteiger partial charge is 0.129 e. The standard InChI is InChI=1S/C13H15ClN2/c14-13-4-2-10(7-16-13)11-3-1-9-5-6-15-8-12(9)11/h2-4,7,9,12,15H,1,5-6,8H2/t9-,12+/m0/s1. The molecule has 1 fully saturated rings. The van der Waals surface area contributed by atoms with Crippen LogP contribution >= 0.6 is 11.6 Å². The molecule has 1 saturated heterocycles. The number of hydrogen-bond acceptors (Lipinski definition) is 2. The van der Waals surface area contributed by atoms with Crippen LogP contribution in [0.4, 0.5) is 0 Å². The molecule has 2 atom stereocenters. The van der Waals surface area contributed by atoms with Crippen LogP contribution in [0.5, 0.6) is 0 Å². The van der Waals surface area contributed by atoms with Crippen molar-refractivity contribution in [3.63, 3.8) is 0 Å². The summed E-state index contributed by atoms with van der Waals surface area (Å²) >= 11 is 5.81. The lowest BCUT2D eigenvalue weighted by atomic mass is 9.84. The molecule has 0 amide bonds. The molecule has 3 heteroatoms. The number of allylic oxidation sites excluding steroid dienone is 1. The fourth-order valence-corrected chi connectivity index (χ4v) is 2.98. The highest BCUT2D eigenvalue weighted by Gasteiger charge is 2.32. The first-order valence-corrected chi connectivity index (χ1v) is 6.25. The Kier molecular flexibility index (Phi) is 2.70. The van der Waals surface area contributed by atoms with E-state index in [-0.39, 0.29) is 0 Å². The fraction of sp³-hybridized carbons (Fsp3) is 0.462. The van der Waals surface area contributed by atoms with E-state index < -0.39 is 0 Å². The van der Waals surface area contributed by atoms with Crippen molar-refractivity contribution in [1.29, 1.82) is 0 Å². The van der Waals surface area contributed by atoms with Crippen LogP contribution in [-0.2, 0) is 0 Å². The van der Waals surface area contributed by atoms with E-state index in [1.165, 1.54) is 30.5 Å². The molecule has 1 N–H and O–H groups in total. The maximum Gasteiger partial charge on any atom is 0.129 e. The average Bonchev–Trinajstić information content (AvgIpc) is 2.74. The van der Waals surface area contributed by atoms with Gasteiger partial charge in [-0.2, -0.15) is 0 Å². The number of halogens is 1. The Morgan fingerprint density at radius 1 is 1.38 bits per heavy atom. The van der Waals surface area contributed by atoms with Gasteiger partial charge in [-0.3, -0.25) is 0 Å². The number of aromatic nitrogens is 1. The second-order valence-electron chi connectivity index (χ2n) is 4.62. The summed E-state index contributed by atoms with van der Waals surface area (Å²) in [5, 5.41) is 4.05. The highest BCUT2D eigenvalue weighted by atomic mass is 35.5. The van der Waals surface area contributed by atoms with Crippen molar-refractivity contribution in [3.05, 3.63) is 35.1 Å². The lowest BCUT2D eigenvalue weighted by Gasteiger charge is -2.28. The van der Waals surface area contributed by atoms with Crippen LogP contribution in [0.3, 0.4) is 0 Å². The van der Waals surface area contributed by atoms with Gasteiger partial charge in [0, 0.05) is 12.7 Å². The zero-order valence-corrected chi connectivity index (χ0v) is 9.87. The third kappa shape index (κ3) is 1.76. The van der Waals surface area contributed by atoms with E-state index in [4.69, 9.17) is 11.6 Å². The van der Waals surface area contributed by atoms with E-state index in [0.717, 1.165) is 12.5 Å². The van der Waals surface area contributed by atoms with Crippen LogP contribution in [0.2, 0.25) is 5.15 Å². The van der Waals surface area contributed by atoms with Crippen molar-refractivity contribution in [2.75, 3.05) is 13.1 Å². The zero-order valence-electron chi connectivity index (χ0n) is 9.12. The molecule has 3 rings (SSSR count). The monoisotopic (exact) mass is 234 g/mol. The van der Waals surface area contributed by atoms with Crippen LogP contribution < -0.4 is 5.32 Å². The molecular formula is C13H15ClN2. The van der Waals surface area contributed by atoms with Gasteiger partial charge in [-0.25, -0.2) is 4.98 Å². The maximum atomic E-state index is 5.81. The van der Waals surface area contributed by atoms with Gasteiger partial charge in [0.15, 0.2) is 0 Å². The minimum atomic E-state index is 0.570. The van der Waals surface area contributed by atoms with Gasteiger partial charge in [0.1, 0.15) is 5.15 Å². The third-order valence-electron chi connectivity index (χ3n) is 3.73. The Labute approximate surface area is 101 Å². The van der Waals surface area contributed by atoms with E-state index >= 15 is 0 Å². The van der Waals surface area contributed by atoms with E-state index in [2.05, 4.69) is 22.4 Å². The van der Waals surface area contributed by atoms with Gasteiger partial charge in [0.2, 0.25) is 0 Å². The van der Waals surface area contributed by atoms with Gasteiger partial charge < -0.3 is 5.32 Å². The van der Waals surface area contributed by atoms with Gasteiger partial charge in [0.25, 0.3) is 0 Å². The molecule has 0 bridgehead atoms. The van der Waals surface area contributed by atoms with Gasteiger partial charge in [-0.05, 0) is 48.4 Å². The number of pyridine rings is 1. The predicted octanol–water partition coefficient (Wildman–Crippen LogP) is 2.75. The van der Waals surface area contributed by atoms with Crippen LogP contribution in [0.15, 0.2) is 24.4 Å². The number of rotatable bonds is 1. The molecule has 0 unspecified atom stereocenters. The second kappa shape index (κ2) is 4.19. The Morgan fingerprint density at radius 2 is 2.31 bits per heavy atom. The zero-order chi connectivity index (χ0) is 11.0. The van der Waals surface area contributed by atoms with Crippen molar-refractivity contribution < 1.29 is 0 Å². The van der Waals surface area contributed by atoms with Crippen molar-refractivity contribution in [2.24, 2.45) is 11.8 Å². The Balaban J connectivity index is 1.87. The summed E-state index contributed by atoms with van der Waals surface area (Å²) in [5.74, 6) is 1.52. The Bertz CT molecular complexity index is 410. The topological polar surface area (TPSA) is 24.9 Å². The molecule has 2 aliphatic rings. The molecule has 16 heavy (non-hydrogen) atoms. The molecule has 0 aromatic carbocycles. The van der Waals surface area contributed by atoms with E-state index in [0.29, 0.717) is 11.1 Å². The highest BCUT2D eigenvalue weighted by Crippen LogP contribution is 2.40. The molecule has 1 aromatic rings. The normalized spacial score (nSPS) is 28.7. The van der Waals surface area contributed by atoms with E-state index in [1.54, 1.807) is 0 Å². The molecule has 1 aliphatic carbocycles. The van der Waals surface area contributed by atoms with E-state index in [9.17, 15) is 0 Å². The number of piperidine rings is 1. The quantitative estimate of drug-likeness (QED) is 0.756. The molecule has 1 aliphatic heterocycles. The molecule has 84 valence electrons. The SMILES string of the molecule is Clc1ccc(C2=CC[C@H]3CCNC[C@@H]23)cn1. The number of fused-ring (bicyclic) bond motifs is 1. The molecule has 0 spiro atoms. The first-order valence-electron chi connectivity index (χ1n) is 5.87. The van der Waals surface area contributed by atoms with Crippen molar-refractivity contribution in [2.45, 2.75) is 12.8 Å². The summed E-state index contributed by atoms with van der Waals surface area (Å²) in [5.41, 5.74) is 2.70. The summed E-state index contributed by atoms with van der Waals surface area (Å²) in [6.45, 7) is 2.28. The molecule has 2 heterocycles. The summed E-state index contributed by atoms with van der Waals surface area (Å²) in [7, 11) is 0. The molecular weight excluding hydrogens is 220 g/mol. The average molecular weight is 235 g/mol. The van der Waals surface area contributed by atoms with Crippen LogP contribution in [0.25, 0.3) is 5.57 Å². The Hall–Kier alpha value is -0.860. The first kappa shape index (κ1) is 10.3. The maximum absolute atomic E-state index is 5.81. The Morgan fingerprint density at radius 3 is 3.12 bits per heavy atom. The van der Waals surface area contributed by atoms with Crippen LogP contribution in [0, 0.1) is 11.8 Å². The lowest BCUT2D eigenvalue weighted by Crippen LogP contribution is -2.34. The predicted molar refractivity (Wildman–Crippen MR) is 66.3 cm³/mol. The summed E-state index contributed by atoms with van der Waals surface area (Å²) in [6.07, 6.45) is 6.80. The molecule has 0 radical (unpaired) electrons. The first-order chi connectivity index (χ1) is 7.84. The summed E-state index contributed by atoms with van der Waals surface area (Å²) < 4.78 is 0. The molecule has 2 nitrogen and oxygen atoms in total. The third-order valence-corrected chi connectivity index (χ3v) is 3.95. The number of hydrogen-bond donors (Lipinski definition) is 1. The molecule has 0 saturated carbocycles. The van der Waals surface area contributed by atoms with Crippen molar-refractivity contribution in [1.82, 2.24) is 10.3 Å². The van der Waals surface area contributed by atoms with Gasteiger partial charge in [-0.15, -0.1) is 0 Å². The van der Waals surface area contributed by atoms with Gasteiger partial charge in [-0.1, -0.05) is 23.7 Å². The van der Waals surface area contributed by atoms with Crippen LogP contribution in [0.1, 0.15) is 18.4 Å². The summed E-state index contributed by atoms with van der Waals surface area (Å²) in [6, 6.07) is 3.96. The lowest BCUT2D eigenvalue weighted by molar-refractivity contribution is 0.328. The minimum absolute atomic E-state index is 0.570. The minimum Gasteiger partial charge on any atom is -0.316 e. The molecule has 1 aromatic heterocycles. The van der Waals surface area contributed by atoms with Gasteiger partial charge >= 0.3 is 0 Å². The van der Waals surface area contributed by atoms with E-state index in [1.807, 2.05) is 12.3 Å². The number of nitrogens with one attached hydrogen (secondary N) is 1.